The van der Waals surface area contributed by atoms with Crippen LogP contribution in [0.1, 0.15) is 23.7 Å². The van der Waals surface area contributed by atoms with Crippen LogP contribution >= 0.6 is 0 Å². The highest BCUT2D eigenvalue weighted by Gasteiger charge is 2.22. The molecule has 0 fully saturated rings. The average Bonchev–Trinajstić information content (AvgIpc) is 2.57. The topological polar surface area (TPSA) is 77.0 Å². The molecule has 1 amide bonds. The lowest BCUT2D eigenvalue weighted by atomic mass is 9.99. The smallest absolute Gasteiger partial charge is 0.259 e. The van der Waals surface area contributed by atoms with Crippen molar-refractivity contribution >= 4 is 11.7 Å². The Morgan fingerprint density at radius 2 is 2.17 bits per heavy atom. The van der Waals surface area contributed by atoms with E-state index in [-0.39, 0.29) is 18.4 Å². The van der Waals surface area contributed by atoms with Crippen LogP contribution in [0.2, 0.25) is 0 Å². The molecule has 2 aliphatic heterocycles. The predicted octanol–water partition coefficient (Wildman–Crippen LogP) is 0.897. The highest BCUT2D eigenvalue weighted by Crippen LogP contribution is 2.20. The summed E-state index contributed by atoms with van der Waals surface area (Å²) in [5.41, 5.74) is 4.62. The van der Waals surface area contributed by atoms with Crippen LogP contribution < -0.4 is 10.7 Å². The van der Waals surface area contributed by atoms with Gasteiger partial charge in [-0.3, -0.25) is 4.79 Å². The number of β-amino-alcohol motifs (C(OH)–C–C–N with tert-alkyl or cyclic N) is 1. The van der Waals surface area contributed by atoms with Crippen molar-refractivity contribution in [1.29, 1.82) is 0 Å². The van der Waals surface area contributed by atoms with Crippen LogP contribution in [0.5, 0.6) is 0 Å². The zero-order chi connectivity index (χ0) is 16.2. The Hall–Kier alpha value is -2.34. The minimum atomic E-state index is -0.499. The van der Waals surface area contributed by atoms with Gasteiger partial charge in [-0.25, -0.2) is 5.43 Å². The van der Waals surface area contributed by atoms with Crippen LogP contribution in [-0.2, 0) is 4.79 Å². The lowest BCUT2D eigenvalue weighted by Crippen LogP contribution is -2.45. The molecule has 2 unspecified atom stereocenters. The van der Waals surface area contributed by atoms with E-state index in [4.69, 9.17) is 0 Å². The quantitative estimate of drug-likeness (QED) is 0.772. The van der Waals surface area contributed by atoms with E-state index in [0.717, 1.165) is 24.4 Å². The van der Waals surface area contributed by atoms with Crippen LogP contribution in [0.4, 0.5) is 0 Å². The molecule has 0 aliphatic carbocycles. The largest absolute Gasteiger partial charge is 0.387 e. The van der Waals surface area contributed by atoms with Crippen molar-refractivity contribution in [2.75, 3.05) is 19.6 Å². The van der Waals surface area contributed by atoms with E-state index in [1.807, 2.05) is 37.4 Å². The summed E-state index contributed by atoms with van der Waals surface area (Å²) in [6, 6.07) is 7.98. The first-order valence-electron chi connectivity index (χ1n) is 7.89. The zero-order valence-electron chi connectivity index (χ0n) is 13.2. The lowest BCUT2D eigenvalue weighted by molar-refractivity contribution is -0.120. The van der Waals surface area contributed by atoms with Crippen molar-refractivity contribution in [2.45, 2.75) is 19.4 Å². The fourth-order valence-electron chi connectivity index (χ4n) is 2.78. The van der Waals surface area contributed by atoms with Gasteiger partial charge < -0.3 is 15.3 Å². The van der Waals surface area contributed by atoms with Crippen molar-refractivity contribution in [2.24, 2.45) is 11.0 Å². The third-order valence-corrected chi connectivity index (χ3v) is 4.21. The van der Waals surface area contributed by atoms with Crippen molar-refractivity contribution in [1.82, 2.24) is 15.6 Å². The molecule has 0 saturated heterocycles. The Morgan fingerprint density at radius 3 is 2.78 bits per heavy atom. The van der Waals surface area contributed by atoms with Crippen LogP contribution in [0.3, 0.4) is 0 Å². The fraction of sp³-hybridized carbons (Fsp3) is 0.412. The lowest BCUT2D eigenvalue weighted by Gasteiger charge is -2.31. The third kappa shape index (κ3) is 3.90. The molecule has 0 spiro atoms. The molecule has 1 aromatic rings. The molecule has 0 bridgehead atoms. The second-order valence-electron chi connectivity index (χ2n) is 6.04. The molecule has 23 heavy (non-hydrogen) atoms. The molecule has 1 aromatic carbocycles. The van der Waals surface area contributed by atoms with Crippen LogP contribution in [-0.4, -0.2) is 41.4 Å². The van der Waals surface area contributed by atoms with E-state index in [9.17, 15) is 9.90 Å². The molecule has 6 heteroatoms. The summed E-state index contributed by atoms with van der Waals surface area (Å²) in [4.78, 5) is 13.2. The molecule has 6 nitrogen and oxygen atoms in total. The average molecular weight is 314 g/mol. The van der Waals surface area contributed by atoms with Gasteiger partial charge in [0.1, 0.15) is 5.84 Å². The summed E-state index contributed by atoms with van der Waals surface area (Å²) in [5.74, 6) is 0.874. The maximum atomic E-state index is 11.1. The molecule has 2 atom stereocenters. The molecule has 0 saturated carbocycles. The minimum Gasteiger partial charge on any atom is -0.387 e. The minimum absolute atomic E-state index is 0.114. The number of carbonyl (C=O) groups excluding carboxylic acids is 1. The number of hydrazone groups is 1. The van der Waals surface area contributed by atoms with Crippen LogP contribution in [0.15, 0.2) is 41.6 Å². The van der Waals surface area contributed by atoms with E-state index in [0.29, 0.717) is 6.54 Å². The second kappa shape index (κ2) is 6.83. The first-order valence-corrected chi connectivity index (χ1v) is 7.89. The highest BCUT2D eigenvalue weighted by molar-refractivity contribution is 5.93. The van der Waals surface area contributed by atoms with E-state index >= 15 is 0 Å². The number of benzene rings is 1. The monoisotopic (exact) mass is 314 g/mol. The Balaban J connectivity index is 1.56. The molecule has 3 rings (SSSR count). The van der Waals surface area contributed by atoms with Crippen molar-refractivity contribution in [3.63, 3.8) is 0 Å². The summed E-state index contributed by atoms with van der Waals surface area (Å²) < 4.78 is 0. The summed E-state index contributed by atoms with van der Waals surface area (Å²) in [6.07, 6.45) is 4.47. The first-order chi connectivity index (χ1) is 11.1. The number of aryl methyl sites for hydroxylation is 1. The second-order valence-corrected chi connectivity index (χ2v) is 6.04. The van der Waals surface area contributed by atoms with E-state index in [2.05, 4.69) is 26.8 Å². The molecular weight excluding hydrogens is 292 g/mol. The van der Waals surface area contributed by atoms with Gasteiger partial charge in [-0.05, 0) is 25.1 Å². The standard InChI is InChI=1S/C17H22N4O2/c1-12-2-4-13(5-3-12)15(22)11-21-8-6-14(7-9-21)17-18-10-16(23)19-20-17/h2-6,8,14-15,22H,7,9-11H2,1H3,(H,18,20)(H,19,23). The predicted molar refractivity (Wildman–Crippen MR) is 88.5 cm³/mol. The molecule has 2 aliphatic rings. The maximum absolute atomic E-state index is 11.1. The summed E-state index contributed by atoms with van der Waals surface area (Å²) >= 11 is 0. The van der Waals surface area contributed by atoms with Gasteiger partial charge in [0.25, 0.3) is 5.91 Å². The summed E-state index contributed by atoms with van der Waals surface area (Å²) in [7, 11) is 0. The molecule has 2 heterocycles. The number of aliphatic hydroxyl groups is 1. The van der Waals surface area contributed by atoms with Gasteiger partial charge in [0.2, 0.25) is 0 Å². The van der Waals surface area contributed by atoms with E-state index in [1.165, 1.54) is 5.56 Å². The third-order valence-electron chi connectivity index (χ3n) is 4.21. The molecular formula is C17H22N4O2. The van der Waals surface area contributed by atoms with E-state index < -0.39 is 6.10 Å². The van der Waals surface area contributed by atoms with Crippen LogP contribution in [0, 0.1) is 12.8 Å². The number of hydrogen-bond acceptors (Lipinski definition) is 5. The fourth-order valence-corrected chi connectivity index (χ4v) is 2.78. The first kappa shape index (κ1) is 15.6. The Labute approximate surface area is 135 Å². The molecule has 0 radical (unpaired) electrons. The van der Waals surface area contributed by atoms with Gasteiger partial charge in [-0.2, -0.15) is 5.10 Å². The van der Waals surface area contributed by atoms with Crippen molar-refractivity contribution in [3.8, 4) is 0 Å². The van der Waals surface area contributed by atoms with Gasteiger partial charge in [-0.15, -0.1) is 0 Å². The number of rotatable bonds is 4. The number of nitrogens with zero attached hydrogens (tertiary/aromatic N) is 2. The number of hydrogen-bond donors (Lipinski definition) is 3. The van der Waals surface area contributed by atoms with Crippen LogP contribution in [0.25, 0.3) is 0 Å². The van der Waals surface area contributed by atoms with Crippen molar-refractivity contribution in [3.05, 3.63) is 47.7 Å². The SMILES string of the molecule is Cc1ccc(C(O)CN2C=CC(C3=NNC(=O)CN3)CC2)cc1. The highest BCUT2D eigenvalue weighted by atomic mass is 16.3. The summed E-state index contributed by atoms with van der Waals surface area (Å²) in [5, 5.41) is 17.5. The Morgan fingerprint density at radius 1 is 1.39 bits per heavy atom. The number of amidine groups is 1. The van der Waals surface area contributed by atoms with Gasteiger partial charge in [0.05, 0.1) is 12.6 Å². The molecule has 122 valence electrons. The van der Waals surface area contributed by atoms with Gasteiger partial charge in [0, 0.05) is 19.0 Å². The number of amides is 1. The zero-order valence-corrected chi connectivity index (χ0v) is 13.2. The Bertz CT molecular complexity index is 624. The van der Waals surface area contributed by atoms with Gasteiger partial charge in [0.15, 0.2) is 0 Å². The van der Waals surface area contributed by atoms with Gasteiger partial charge >= 0.3 is 0 Å². The number of aliphatic hydroxyl groups excluding tert-OH is 1. The molecule has 3 N–H and O–H groups in total. The van der Waals surface area contributed by atoms with E-state index in [1.54, 1.807) is 0 Å². The summed E-state index contributed by atoms with van der Waals surface area (Å²) in [6.45, 7) is 3.73. The van der Waals surface area contributed by atoms with Crippen molar-refractivity contribution < 1.29 is 9.90 Å². The Kier molecular flexibility index (Phi) is 4.62. The number of carbonyl (C=O) groups is 1. The molecule has 0 aromatic heterocycles. The number of nitrogens with one attached hydrogen (secondary N) is 2. The van der Waals surface area contributed by atoms with Gasteiger partial charge in [-0.1, -0.05) is 35.9 Å². The normalized spacial score (nSPS) is 22.2. The maximum Gasteiger partial charge on any atom is 0.259 e.